The molecule has 1 atom stereocenters. The Balaban J connectivity index is 1.81. The highest BCUT2D eigenvalue weighted by atomic mass is 16.3. The van der Waals surface area contributed by atoms with Gasteiger partial charge in [0.2, 0.25) is 0 Å². The van der Waals surface area contributed by atoms with Crippen LogP contribution >= 0.6 is 0 Å². The zero-order valence-corrected chi connectivity index (χ0v) is 15.1. The number of urea groups is 1. The summed E-state index contributed by atoms with van der Waals surface area (Å²) in [6, 6.07) is 5.98. The summed E-state index contributed by atoms with van der Waals surface area (Å²) in [5, 5.41) is 16.9. The summed E-state index contributed by atoms with van der Waals surface area (Å²) in [6.07, 6.45) is 4.57. The van der Waals surface area contributed by atoms with E-state index >= 15 is 0 Å². The van der Waals surface area contributed by atoms with Crippen molar-refractivity contribution in [2.24, 2.45) is 0 Å². The van der Waals surface area contributed by atoms with Crippen LogP contribution in [0, 0.1) is 20.8 Å². The van der Waals surface area contributed by atoms with Crippen LogP contribution in [0.3, 0.4) is 0 Å². The Hall–Kier alpha value is -2.34. The lowest BCUT2D eigenvalue weighted by atomic mass is 10.0. The maximum absolute atomic E-state index is 12.6. The molecule has 0 bridgehead atoms. The monoisotopic (exact) mass is 342 g/mol. The van der Waals surface area contributed by atoms with Crippen LogP contribution in [0.4, 0.5) is 10.5 Å². The molecule has 1 saturated heterocycles. The number of benzene rings is 1. The van der Waals surface area contributed by atoms with Crippen molar-refractivity contribution < 1.29 is 9.90 Å². The second-order valence-electron chi connectivity index (χ2n) is 6.80. The van der Waals surface area contributed by atoms with E-state index in [2.05, 4.69) is 35.5 Å². The molecule has 1 aromatic heterocycles. The van der Waals surface area contributed by atoms with E-state index in [4.69, 9.17) is 0 Å². The van der Waals surface area contributed by atoms with E-state index in [0.717, 1.165) is 36.2 Å². The third-order valence-electron chi connectivity index (χ3n) is 4.94. The number of aliphatic hydroxyl groups excluding tert-OH is 1. The minimum absolute atomic E-state index is 0.00809. The molecule has 0 saturated carbocycles. The molecular weight excluding hydrogens is 316 g/mol. The molecule has 134 valence electrons. The Morgan fingerprint density at radius 1 is 1.32 bits per heavy atom. The van der Waals surface area contributed by atoms with E-state index in [1.165, 1.54) is 5.56 Å². The number of rotatable bonds is 3. The van der Waals surface area contributed by atoms with Crippen molar-refractivity contribution in [3.05, 3.63) is 41.2 Å². The molecule has 0 radical (unpaired) electrons. The highest BCUT2D eigenvalue weighted by Crippen LogP contribution is 2.23. The van der Waals surface area contributed by atoms with Gasteiger partial charge in [0.25, 0.3) is 0 Å². The summed E-state index contributed by atoms with van der Waals surface area (Å²) in [5.41, 5.74) is 4.91. The first-order valence-electron chi connectivity index (χ1n) is 8.82. The number of carbonyl (C=O) groups is 1. The molecule has 1 fully saturated rings. The topological polar surface area (TPSA) is 70.4 Å². The Morgan fingerprint density at radius 2 is 2.12 bits per heavy atom. The zero-order valence-electron chi connectivity index (χ0n) is 15.1. The number of aryl methyl sites for hydroxylation is 2. The van der Waals surface area contributed by atoms with Gasteiger partial charge in [-0.05, 0) is 57.2 Å². The van der Waals surface area contributed by atoms with Crippen LogP contribution in [0.25, 0.3) is 5.69 Å². The third-order valence-corrected chi connectivity index (χ3v) is 4.94. The number of carbonyl (C=O) groups excluding carboxylic acids is 1. The Bertz CT molecular complexity index is 769. The number of anilines is 1. The van der Waals surface area contributed by atoms with E-state index in [9.17, 15) is 9.90 Å². The maximum atomic E-state index is 12.6. The number of amides is 2. The smallest absolute Gasteiger partial charge is 0.322 e. The van der Waals surface area contributed by atoms with Crippen LogP contribution < -0.4 is 5.32 Å². The van der Waals surface area contributed by atoms with Gasteiger partial charge in [-0.2, -0.15) is 5.10 Å². The van der Waals surface area contributed by atoms with Crippen molar-refractivity contribution in [3.63, 3.8) is 0 Å². The van der Waals surface area contributed by atoms with Gasteiger partial charge in [-0.3, -0.25) is 0 Å². The average molecular weight is 342 g/mol. The summed E-state index contributed by atoms with van der Waals surface area (Å²) < 4.78 is 1.86. The standard InChI is InChI=1S/C19H26N4O2/c1-13-7-8-14(2)18(10-13)23-15(3)17(11-20-23)21-19(25)22-9-5-4-6-16(22)12-24/h7-8,10-11,16,24H,4-6,9,12H2,1-3H3,(H,21,25)/t16-/m1/s1. The summed E-state index contributed by atoms with van der Waals surface area (Å²) in [4.78, 5) is 14.4. The molecular formula is C19H26N4O2. The molecule has 2 aromatic rings. The fraction of sp³-hybridized carbons (Fsp3) is 0.474. The van der Waals surface area contributed by atoms with E-state index in [0.29, 0.717) is 12.2 Å². The highest BCUT2D eigenvalue weighted by Gasteiger charge is 2.26. The first kappa shape index (κ1) is 17.5. The number of nitrogens with zero attached hydrogens (tertiary/aromatic N) is 3. The van der Waals surface area contributed by atoms with Gasteiger partial charge in [0.15, 0.2) is 0 Å². The first-order valence-corrected chi connectivity index (χ1v) is 8.82. The van der Waals surface area contributed by atoms with Crippen molar-refractivity contribution in [1.29, 1.82) is 0 Å². The Labute approximate surface area is 148 Å². The summed E-state index contributed by atoms with van der Waals surface area (Å²) in [5.74, 6) is 0. The van der Waals surface area contributed by atoms with Crippen LogP contribution in [-0.2, 0) is 0 Å². The fourth-order valence-electron chi connectivity index (χ4n) is 3.37. The third kappa shape index (κ3) is 3.54. The Morgan fingerprint density at radius 3 is 2.88 bits per heavy atom. The molecule has 0 aliphatic carbocycles. The molecule has 2 N–H and O–H groups in total. The van der Waals surface area contributed by atoms with E-state index in [-0.39, 0.29) is 18.7 Å². The van der Waals surface area contributed by atoms with Crippen LogP contribution in [0.1, 0.15) is 36.1 Å². The molecule has 3 rings (SSSR count). The molecule has 2 heterocycles. The summed E-state index contributed by atoms with van der Waals surface area (Å²) >= 11 is 0. The van der Waals surface area contributed by atoms with Crippen LogP contribution in [-0.4, -0.2) is 45.0 Å². The number of hydrogen-bond acceptors (Lipinski definition) is 3. The van der Waals surface area contributed by atoms with E-state index in [1.54, 1.807) is 11.1 Å². The maximum Gasteiger partial charge on any atom is 0.322 e. The second kappa shape index (κ2) is 7.27. The van der Waals surface area contributed by atoms with E-state index in [1.807, 2.05) is 18.5 Å². The lowest BCUT2D eigenvalue weighted by Crippen LogP contribution is -2.47. The molecule has 1 aliphatic heterocycles. The minimum atomic E-state index is -0.164. The Kier molecular flexibility index (Phi) is 5.08. The van der Waals surface area contributed by atoms with Crippen molar-refractivity contribution >= 4 is 11.7 Å². The van der Waals surface area contributed by atoms with Crippen LogP contribution in [0.2, 0.25) is 0 Å². The normalized spacial score (nSPS) is 17.6. The van der Waals surface area contributed by atoms with Gasteiger partial charge < -0.3 is 15.3 Å². The molecule has 25 heavy (non-hydrogen) atoms. The predicted molar refractivity (Wildman–Crippen MR) is 98.2 cm³/mol. The molecule has 1 aromatic carbocycles. The largest absolute Gasteiger partial charge is 0.394 e. The van der Waals surface area contributed by atoms with Gasteiger partial charge >= 0.3 is 6.03 Å². The fourth-order valence-corrected chi connectivity index (χ4v) is 3.37. The first-order chi connectivity index (χ1) is 12.0. The predicted octanol–water partition coefficient (Wildman–Crippen LogP) is 3.18. The number of nitrogens with one attached hydrogen (secondary N) is 1. The number of likely N-dealkylation sites (tertiary alicyclic amines) is 1. The zero-order chi connectivity index (χ0) is 18.0. The van der Waals surface area contributed by atoms with Crippen molar-refractivity contribution in [3.8, 4) is 5.69 Å². The summed E-state index contributed by atoms with van der Waals surface area (Å²) in [6.45, 7) is 6.74. The van der Waals surface area contributed by atoms with Gasteiger partial charge in [0.05, 0.1) is 35.9 Å². The van der Waals surface area contributed by atoms with Crippen molar-refractivity contribution in [1.82, 2.24) is 14.7 Å². The summed E-state index contributed by atoms with van der Waals surface area (Å²) in [7, 11) is 0. The lowest BCUT2D eigenvalue weighted by molar-refractivity contribution is 0.115. The van der Waals surface area contributed by atoms with Gasteiger partial charge in [0, 0.05) is 6.54 Å². The number of piperidine rings is 1. The van der Waals surface area contributed by atoms with Crippen LogP contribution in [0.5, 0.6) is 0 Å². The second-order valence-corrected chi connectivity index (χ2v) is 6.80. The minimum Gasteiger partial charge on any atom is -0.394 e. The highest BCUT2D eigenvalue weighted by molar-refractivity contribution is 5.90. The van der Waals surface area contributed by atoms with Crippen LogP contribution in [0.15, 0.2) is 24.4 Å². The van der Waals surface area contributed by atoms with Gasteiger partial charge in [-0.1, -0.05) is 12.1 Å². The number of aliphatic hydroxyl groups is 1. The molecule has 0 spiro atoms. The molecule has 6 nitrogen and oxygen atoms in total. The molecule has 1 aliphatic rings. The quantitative estimate of drug-likeness (QED) is 0.900. The van der Waals surface area contributed by atoms with Crippen molar-refractivity contribution in [2.75, 3.05) is 18.5 Å². The molecule has 6 heteroatoms. The number of hydrogen-bond donors (Lipinski definition) is 2. The van der Waals surface area contributed by atoms with Gasteiger partial charge in [-0.15, -0.1) is 0 Å². The van der Waals surface area contributed by atoms with E-state index < -0.39 is 0 Å². The molecule has 2 amide bonds. The average Bonchev–Trinajstić information content (AvgIpc) is 2.97. The van der Waals surface area contributed by atoms with Gasteiger partial charge in [-0.25, -0.2) is 9.48 Å². The molecule has 0 unspecified atom stereocenters. The lowest BCUT2D eigenvalue weighted by Gasteiger charge is -2.34. The SMILES string of the molecule is Cc1ccc(C)c(-n2ncc(NC(=O)N3CCCC[C@@H]3CO)c2C)c1. The van der Waals surface area contributed by atoms with Crippen molar-refractivity contribution in [2.45, 2.75) is 46.1 Å². The number of aromatic nitrogens is 2. The van der Waals surface area contributed by atoms with Gasteiger partial charge in [0.1, 0.15) is 0 Å².